The molecule has 0 fully saturated rings. The normalized spacial score (nSPS) is 10.3. The highest BCUT2D eigenvalue weighted by Crippen LogP contribution is 2.10. The van der Waals surface area contributed by atoms with Crippen molar-refractivity contribution >= 4 is 17.9 Å². The van der Waals surface area contributed by atoms with Gasteiger partial charge in [0.2, 0.25) is 5.96 Å². The Bertz CT molecular complexity index is 360. The first-order chi connectivity index (χ1) is 7.09. The summed E-state index contributed by atoms with van der Waals surface area (Å²) in [6.45, 7) is 0. The largest absolute Gasteiger partial charge is 0.378 e. The van der Waals surface area contributed by atoms with Gasteiger partial charge in [-0.15, -0.1) is 5.10 Å². The average Bonchev–Trinajstić information content (AvgIpc) is 2.18. The zero-order valence-corrected chi connectivity index (χ0v) is 8.88. The predicted octanol–water partition coefficient (Wildman–Crippen LogP) is 0.360. The topological polar surface area (TPSA) is 80.0 Å². The zero-order chi connectivity index (χ0) is 11.3. The Balaban J connectivity index is 2.73. The van der Waals surface area contributed by atoms with E-state index in [1.807, 2.05) is 43.3 Å². The fourth-order valence-corrected chi connectivity index (χ4v) is 1.02. The molecule has 0 heterocycles. The molecular formula is C10H15N5. The van der Waals surface area contributed by atoms with Gasteiger partial charge in [0.15, 0.2) is 0 Å². The summed E-state index contributed by atoms with van der Waals surface area (Å²) in [6.07, 6.45) is 1.60. The van der Waals surface area contributed by atoms with Crippen LogP contribution in [0.15, 0.2) is 34.5 Å². The molecule has 0 saturated heterocycles. The van der Waals surface area contributed by atoms with Crippen molar-refractivity contribution in [3.05, 3.63) is 29.8 Å². The van der Waals surface area contributed by atoms with Crippen LogP contribution in [0, 0.1) is 0 Å². The van der Waals surface area contributed by atoms with Gasteiger partial charge in [0.05, 0.1) is 6.21 Å². The van der Waals surface area contributed by atoms with E-state index in [0.29, 0.717) is 0 Å². The highest BCUT2D eigenvalue weighted by molar-refractivity contribution is 5.82. The molecule has 0 aliphatic heterocycles. The Kier molecular flexibility index (Phi) is 3.68. The maximum atomic E-state index is 5.13. The van der Waals surface area contributed by atoms with E-state index in [4.69, 9.17) is 11.5 Å². The van der Waals surface area contributed by atoms with Crippen LogP contribution < -0.4 is 16.4 Å². The number of rotatable bonds is 3. The number of nitrogens with two attached hydrogens (primary N) is 2. The number of nitrogens with zero attached hydrogens (tertiary/aromatic N) is 3. The van der Waals surface area contributed by atoms with Crippen molar-refractivity contribution in [2.45, 2.75) is 0 Å². The molecular weight excluding hydrogens is 190 g/mol. The fourth-order valence-electron chi connectivity index (χ4n) is 1.02. The van der Waals surface area contributed by atoms with Gasteiger partial charge in [-0.05, 0) is 17.7 Å². The Morgan fingerprint density at radius 3 is 2.27 bits per heavy atom. The molecule has 5 heteroatoms. The maximum Gasteiger partial charge on any atom is 0.211 e. The van der Waals surface area contributed by atoms with Crippen molar-refractivity contribution in [3.8, 4) is 0 Å². The van der Waals surface area contributed by atoms with Crippen molar-refractivity contribution < 1.29 is 0 Å². The first-order valence-electron chi connectivity index (χ1n) is 4.49. The van der Waals surface area contributed by atoms with E-state index < -0.39 is 0 Å². The van der Waals surface area contributed by atoms with Gasteiger partial charge >= 0.3 is 0 Å². The molecule has 0 bridgehead atoms. The smallest absolute Gasteiger partial charge is 0.211 e. The molecule has 1 aromatic rings. The molecule has 0 amide bonds. The standard InChI is InChI=1S/C10H15N5/c1-15(2)9-5-3-8(4-6-9)7-13-14-10(11)12/h3-7H,1-2H3,(H4,11,12,14). The number of benzene rings is 1. The summed E-state index contributed by atoms with van der Waals surface area (Å²) in [5, 5.41) is 7.22. The highest BCUT2D eigenvalue weighted by atomic mass is 15.3. The lowest BCUT2D eigenvalue weighted by Crippen LogP contribution is -2.21. The van der Waals surface area contributed by atoms with E-state index in [0.717, 1.165) is 11.3 Å². The molecule has 4 N–H and O–H groups in total. The predicted molar refractivity (Wildman–Crippen MR) is 64.2 cm³/mol. The molecule has 1 rings (SSSR count). The lowest BCUT2D eigenvalue weighted by atomic mass is 10.2. The summed E-state index contributed by atoms with van der Waals surface area (Å²) < 4.78 is 0. The molecule has 0 aromatic heterocycles. The van der Waals surface area contributed by atoms with E-state index in [-0.39, 0.29) is 5.96 Å². The summed E-state index contributed by atoms with van der Waals surface area (Å²) in [6, 6.07) is 7.88. The number of anilines is 1. The van der Waals surface area contributed by atoms with Gasteiger partial charge in [-0.25, -0.2) is 0 Å². The van der Waals surface area contributed by atoms with E-state index >= 15 is 0 Å². The number of hydrogen-bond acceptors (Lipinski definition) is 3. The Labute approximate surface area is 89.1 Å². The van der Waals surface area contributed by atoms with Gasteiger partial charge < -0.3 is 16.4 Å². The minimum Gasteiger partial charge on any atom is -0.378 e. The molecule has 80 valence electrons. The van der Waals surface area contributed by atoms with Gasteiger partial charge in [0, 0.05) is 19.8 Å². The zero-order valence-electron chi connectivity index (χ0n) is 8.88. The summed E-state index contributed by atoms with van der Waals surface area (Å²) in [4.78, 5) is 2.02. The molecule has 5 nitrogen and oxygen atoms in total. The lowest BCUT2D eigenvalue weighted by molar-refractivity contribution is 1.13. The van der Waals surface area contributed by atoms with Crippen LogP contribution >= 0.6 is 0 Å². The van der Waals surface area contributed by atoms with E-state index in [1.54, 1.807) is 6.21 Å². The Hall–Kier alpha value is -2.04. The first kappa shape index (κ1) is 11.0. The summed E-state index contributed by atoms with van der Waals surface area (Å²) in [5.74, 6) is -0.0452. The van der Waals surface area contributed by atoms with Crippen molar-refractivity contribution in [2.24, 2.45) is 21.7 Å². The summed E-state index contributed by atoms with van der Waals surface area (Å²) in [5.41, 5.74) is 12.3. The van der Waals surface area contributed by atoms with Crippen molar-refractivity contribution in [1.82, 2.24) is 0 Å². The number of guanidine groups is 1. The van der Waals surface area contributed by atoms with Crippen LogP contribution in [-0.4, -0.2) is 26.3 Å². The average molecular weight is 205 g/mol. The SMILES string of the molecule is CN(C)c1ccc(C=NN=C(N)N)cc1. The van der Waals surface area contributed by atoms with Crippen LogP contribution in [-0.2, 0) is 0 Å². The molecule has 0 atom stereocenters. The van der Waals surface area contributed by atoms with Gasteiger partial charge in [-0.3, -0.25) is 0 Å². The van der Waals surface area contributed by atoms with E-state index in [9.17, 15) is 0 Å². The van der Waals surface area contributed by atoms with Crippen LogP contribution in [0.1, 0.15) is 5.56 Å². The first-order valence-corrected chi connectivity index (χ1v) is 4.49. The quantitative estimate of drug-likeness (QED) is 0.425. The van der Waals surface area contributed by atoms with Crippen LogP contribution in [0.2, 0.25) is 0 Å². The van der Waals surface area contributed by atoms with Crippen LogP contribution in [0.4, 0.5) is 5.69 Å². The van der Waals surface area contributed by atoms with Crippen LogP contribution in [0.25, 0.3) is 0 Å². The van der Waals surface area contributed by atoms with Gasteiger partial charge in [-0.2, -0.15) is 5.10 Å². The second kappa shape index (κ2) is 4.99. The summed E-state index contributed by atoms with van der Waals surface area (Å²) in [7, 11) is 3.98. The van der Waals surface area contributed by atoms with E-state index in [2.05, 4.69) is 10.2 Å². The maximum absolute atomic E-state index is 5.13. The van der Waals surface area contributed by atoms with Crippen LogP contribution in [0.5, 0.6) is 0 Å². The number of hydrogen-bond donors (Lipinski definition) is 2. The van der Waals surface area contributed by atoms with Gasteiger partial charge in [0.1, 0.15) is 0 Å². The molecule has 0 radical (unpaired) electrons. The second-order valence-corrected chi connectivity index (χ2v) is 3.26. The molecule has 0 saturated carbocycles. The highest BCUT2D eigenvalue weighted by Gasteiger charge is 1.93. The molecule has 0 aliphatic rings. The van der Waals surface area contributed by atoms with Crippen molar-refractivity contribution in [1.29, 1.82) is 0 Å². The van der Waals surface area contributed by atoms with Gasteiger partial charge in [0.25, 0.3) is 0 Å². The third-order valence-corrected chi connectivity index (χ3v) is 1.79. The van der Waals surface area contributed by atoms with Crippen LogP contribution in [0.3, 0.4) is 0 Å². The molecule has 15 heavy (non-hydrogen) atoms. The molecule has 0 spiro atoms. The molecule has 1 aromatic carbocycles. The van der Waals surface area contributed by atoms with Crippen molar-refractivity contribution in [2.75, 3.05) is 19.0 Å². The lowest BCUT2D eigenvalue weighted by Gasteiger charge is -2.11. The van der Waals surface area contributed by atoms with Crippen molar-refractivity contribution in [3.63, 3.8) is 0 Å². The van der Waals surface area contributed by atoms with Gasteiger partial charge in [-0.1, -0.05) is 12.1 Å². The monoisotopic (exact) mass is 205 g/mol. The third-order valence-electron chi connectivity index (χ3n) is 1.79. The Morgan fingerprint density at radius 2 is 1.80 bits per heavy atom. The second-order valence-electron chi connectivity index (χ2n) is 3.26. The Morgan fingerprint density at radius 1 is 1.20 bits per heavy atom. The minimum atomic E-state index is -0.0452. The molecule has 0 unspecified atom stereocenters. The summed E-state index contributed by atoms with van der Waals surface area (Å²) >= 11 is 0. The minimum absolute atomic E-state index is 0.0452. The fraction of sp³-hybridized carbons (Fsp3) is 0.200. The molecule has 0 aliphatic carbocycles. The van der Waals surface area contributed by atoms with E-state index in [1.165, 1.54) is 0 Å². The third kappa shape index (κ3) is 3.68.